The van der Waals surface area contributed by atoms with Gasteiger partial charge in [-0.05, 0) is 36.4 Å². The Balaban J connectivity index is 1.63. The molecule has 2 atom stereocenters. The van der Waals surface area contributed by atoms with Crippen molar-refractivity contribution in [3.05, 3.63) is 46.2 Å². The molecule has 0 aromatic carbocycles. The first-order valence-corrected chi connectivity index (χ1v) is 10.2. The second-order valence-corrected chi connectivity index (χ2v) is 8.08. The molecule has 0 aliphatic carbocycles. The summed E-state index contributed by atoms with van der Waals surface area (Å²) >= 11 is 7.51. The number of amides is 1. The van der Waals surface area contributed by atoms with E-state index in [0.29, 0.717) is 29.8 Å². The molecule has 4 rings (SSSR count). The molecule has 0 radical (unpaired) electrons. The summed E-state index contributed by atoms with van der Waals surface area (Å²) in [5, 5.41) is 5.75. The van der Waals surface area contributed by atoms with Crippen LogP contribution in [0.15, 0.2) is 29.9 Å². The number of carbonyl (C=O) groups excluding carboxylic acids is 1. The summed E-state index contributed by atoms with van der Waals surface area (Å²) in [5.41, 5.74) is 2.09. The maximum absolute atomic E-state index is 13.1. The lowest BCUT2D eigenvalue weighted by Gasteiger charge is -2.18. The number of rotatable bonds is 5. The minimum absolute atomic E-state index is 0.0811. The highest BCUT2D eigenvalue weighted by Crippen LogP contribution is 2.27. The van der Waals surface area contributed by atoms with Crippen LogP contribution in [0.2, 0.25) is 5.02 Å². The summed E-state index contributed by atoms with van der Waals surface area (Å²) in [6, 6.07) is 3.63. The summed E-state index contributed by atoms with van der Waals surface area (Å²) in [5.74, 6) is 0.318. The van der Waals surface area contributed by atoms with Crippen LogP contribution in [0.3, 0.4) is 0 Å². The van der Waals surface area contributed by atoms with Crippen LogP contribution >= 0.6 is 22.9 Å². The van der Waals surface area contributed by atoms with Gasteiger partial charge in [0.25, 0.3) is 5.91 Å². The number of likely N-dealkylation sites (tertiary alicyclic amines) is 1. The van der Waals surface area contributed by atoms with Crippen LogP contribution in [0, 0.1) is 0 Å². The van der Waals surface area contributed by atoms with E-state index < -0.39 is 0 Å². The van der Waals surface area contributed by atoms with Gasteiger partial charge in [-0.1, -0.05) is 11.6 Å². The third-order valence-corrected chi connectivity index (χ3v) is 5.96. The summed E-state index contributed by atoms with van der Waals surface area (Å²) in [7, 11) is 1.68. The molecule has 4 heterocycles. The number of pyridine rings is 1. The maximum atomic E-state index is 13.1. The normalized spacial score (nSPS) is 17.8. The van der Waals surface area contributed by atoms with Gasteiger partial charge >= 0.3 is 0 Å². The van der Waals surface area contributed by atoms with Gasteiger partial charge in [0.05, 0.1) is 27.4 Å². The molecular weight excluding hydrogens is 398 g/mol. The van der Waals surface area contributed by atoms with E-state index in [9.17, 15) is 4.79 Å². The number of methoxy groups -OCH3 is 1. The van der Waals surface area contributed by atoms with Gasteiger partial charge in [-0.3, -0.25) is 9.78 Å². The average molecular weight is 418 g/mol. The van der Waals surface area contributed by atoms with Crippen LogP contribution in [0.4, 0.5) is 5.95 Å². The van der Waals surface area contributed by atoms with Crippen LogP contribution in [0.1, 0.15) is 35.4 Å². The Kier molecular flexibility index (Phi) is 5.43. The van der Waals surface area contributed by atoms with Crippen molar-refractivity contribution in [3.63, 3.8) is 0 Å². The number of fused-ring (bicyclic) bond motifs is 1. The van der Waals surface area contributed by atoms with Crippen molar-refractivity contribution < 1.29 is 9.53 Å². The predicted octanol–water partition coefficient (Wildman–Crippen LogP) is 3.77. The Morgan fingerprint density at radius 1 is 1.43 bits per heavy atom. The van der Waals surface area contributed by atoms with Gasteiger partial charge in [-0.2, -0.15) is 0 Å². The zero-order valence-corrected chi connectivity index (χ0v) is 17.1. The number of carbonyl (C=O) groups is 1. The molecule has 7 nitrogen and oxygen atoms in total. The van der Waals surface area contributed by atoms with Gasteiger partial charge < -0.3 is 15.0 Å². The molecule has 0 bridgehead atoms. The molecule has 3 aromatic rings. The molecule has 1 fully saturated rings. The topological polar surface area (TPSA) is 80.2 Å². The first-order valence-electron chi connectivity index (χ1n) is 8.99. The first-order chi connectivity index (χ1) is 13.5. The number of hydrogen-bond acceptors (Lipinski definition) is 7. The largest absolute Gasteiger partial charge is 0.380 e. The summed E-state index contributed by atoms with van der Waals surface area (Å²) in [4.78, 5) is 28.1. The molecule has 3 aromatic heterocycles. The fraction of sp³-hybridized carbons (Fsp3) is 0.368. The Morgan fingerprint density at radius 2 is 2.29 bits per heavy atom. The molecule has 1 amide bonds. The molecular formula is C19H20ClN5O2S. The molecule has 0 unspecified atom stereocenters. The third kappa shape index (κ3) is 3.80. The summed E-state index contributed by atoms with van der Waals surface area (Å²) < 4.78 is 6.18. The van der Waals surface area contributed by atoms with Gasteiger partial charge in [0.1, 0.15) is 0 Å². The van der Waals surface area contributed by atoms with E-state index in [0.717, 1.165) is 22.2 Å². The van der Waals surface area contributed by atoms with Gasteiger partial charge in [0, 0.05) is 32.6 Å². The van der Waals surface area contributed by atoms with Crippen molar-refractivity contribution in [1.29, 1.82) is 0 Å². The highest BCUT2D eigenvalue weighted by molar-refractivity contribution is 7.17. The Hall–Kier alpha value is -2.29. The number of thiophene rings is 1. The lowest BCUT2D eigenvalue weighted by Crippen LogP contribution is -2.31. The zero-order valence-electron chi connectivity index (χ0n) is 15.6. The number of nitrogens with one attached hydrogen (secondary N) is 1. The molecule has 9 heteroatoms. The number of anilines is 1. The van der Waals surface area contributed by atoms with E-state index in [4.69, 9.17) is 16.3 Å². The minimum atomic E-state index is -0.116. The van der Waals surface area contributed by atoms with Gasteiger partial charge in [0.15, 0.2) is 5.69 Å². The molecule has 0 spiro atoms. The van der Waals surface area contributed by atoms with Crippen LogP contribution in [0.25, 0.3) is 10.2 Å². The molecule has 1 saturated heterocycles. The summed E-state index contributed by atoms with van der Waals surface area (Å²) in [6.07, 6.45) is 4.25. The molecule has 1 aliphatic rings. The minimum Gasteiger partial charge on any atom is -0.380 e. The lowest BCUT2D eigenvalue weighted by molar-refractivity contribution is 0.0721. The van der Waals surface area contributed by atoms with E-state index in [1.807, 2.05) is 24.4 Å². The number of nitrogens with zero attached hydrogens (tertiary/aromatic N) is 4. The monoisotopic (exact) mass is 417 g/mol. The first kappa shape index (κ1) is 19.0. The summed E-state index contributed by atoms with van der Waals surface area (Å²) in [6.45, 7) is 3.22. The molecule has 28 heavy (non-hydrogen) atoms. The number of aromatic nitrogens is 3. The van der Waals surface area contributed by atoms with Gasteiger partial charge in [0.2, 0.25) is 5.95 Å². The Morgan fingerprint density at radius 3 is 3.04 bits per heavy atom. The fourth-order valence-corrected chi connectivity index (χ4v) is 4.26. The van der Waals surface area contributed by atoms with Crippen LogP contribution in [-0.2, 0) is 4.74 Å². The molecule has 146 valence electrons. The highest BCUT2D eigenvalue weighted by atomic mass is 35.5. The zero-order chi connectivity index (χ0) is 19.7. The van der Waals surface area contributed by atoms with Crippen LogP contribution in [0.5, 0.6) is 0 Å². The van der Waals surface area contributed by atoms with E-state index in [-0.39, 0.29) is 18.1 Å². The van der Waals surface area contributed by atoms with Gasteiger partial charge in [-0.15, -0.1) is 11.3 Å². The Labute approximate surface area is 171 Å². The van der Waals surface area contributed by atoms with E-state index in [1.54, 1.807) is 24.4 Å². The number of halogens is 1. The smallest absolute Gasteiger partial charge is 0.274 e. The van der Waals surface area contributed by atoms with Crippen molar-refractivity contribution in [3.8, 4) is 0 Å². The second-order valence-electron chi connectivity index (χ2n) is 6.73. The molecule has 1 aliphatic heterocycles. The SMILES string of the molecule is CO[C@@H]1CCN(C(=O)c2nc(N[C@@H](C)c3cncc(Cl)c3)nc3ccsc23)C1. The standard InChI is InChI=1S/C19H20ClN5O2S/c1-11(12-7-13(20)9-21-8-12)22-19-23-15-4-6-28-17(15)16(24-19)18(26)25-5-3-14(10-25)27-2/h4,6-9,11,14H,3,5,10H2,1-2H3,(H,22,23,24)/t11-,14+/m0/s1. The lowest BCUT2D eigenvalue weighted by atomic mass is 10.1. The fourth-order valence-electron chi connectivity index (χ4n) is 3.27. The van der Waals surface area contributed by atoms with E-state index in [2.05, 4.69) is 20.3 Å². The maximum Gasteiger partial charge on any atom is 0.274 e. The highest BCUT2D eigenvalue weighted by Gasteiger charge is 2.29. The van der Waals surface area contributed by atoms with E-state index in [1.165, 1.54) is 11.3 Å². The van der Waals surface area contributed by atoms with E-state index >= 15 is 0 Å². The predicted molar refractivity (Wildman–Crippen MR) is 110 cm³/mol. The third-order valence-electron chi connectivity index (χ3n) is 4.84. The van der Waals surface area contributed by atoms with Crippen LogP contribution in [-0.4, -0.2) is 52.1 Å². The molecule has 0 saturated carbocycles. The Bertz CT molecular complexity index is 1010. The van der Waals surface area contributed by atoms with Crippen molar-refractivity contribution in [2.45, 2.75) is 25.5 Å². The average Bonchev–Trinajstić information content (AvgIpc) is 3.36. The van der Waals surface area contributed by atoms with Crippen LogP contribution < -0.4 is 5.32 Å². The number of ether oxygens (including phenoxy) is 1. The number of hydrogen-bond donors (Lipinski definition) is 1. The van der Waals surface area contributed by atoms with Crippen molar-refractivity contribution in [2.75, 3.05) is 25.5 Å². The van der Waals surface area contributed by atoms with Crippen molar-refractivity contribution in [2.24, 2.45) is 0 Å². The molecule has 1 N–H and O–H groups in total. The van der Waals surface area contributed by atoms with Crippen molar-refractivity contribution in [1.82, 2.24) is 19.9 Å². The second kappa shape index (κ2) is 7.98. The van der Waals surface area contributed by atoms with Crippen molar-refractivity contribution >= 4 is 45.0 Å². The van der Waals surface area contributed by atoms with Gasteiger partial charge in [-0.25, -0.2) is 9.97 Å². The quantitative estimate of drug-likeness (QED) is 0.680.